The van der Waals surface area contributed by atoms with Gasteiger partial charge in [0.15, 0.2) is 0 Å². The molecular formula is C13H18N4. The molecule has 0 bridgehead atoms. The number of nitrogen functional groups attached to an aromatic ring is 1. The van der Waals surface area contributed by atoms with E-state index in [1.165, 1.54) is 0 Å². The number of pyridine rings is 1. The van der Waals surface area contributed by atoms with Crippen molar-refractivity contribution in [1.82, 2.24) is 14.8 Å². The molecule has 1 atom stereocenters. The Morgan fingerprint density at radius 2 is 2.00 bits per heavy atom. The summed E-state index contributed by atoms with van der Waals surface area (Å²) in [6, 6.07) is 3.94. The quantitative estimate of drug-likeness (QED) is 0.881. The third kappa shape index (κ3) is 2.02. The minimum Gasteiger partial charge on any atom is -0.383 e. The van der Waals surface area contributed by atoms with E-state index in [2.05, 4.69) is 23.9 Å². The van der Waals surface area contributed by atoms with Crippen molar-refractivity contribution in [2.24, 2.45) is 7.05 Å². The van der Waals surface area contributed by atoms with Gasteiger partial charge >= 0.3 is 0 Å². The van der Waals surface area contributed by atoms with Crippen LogP contribution in [0.3, 0.4) is 0 Å². The van der Waals surface area contributed by atoms with E-state index in [0.717, 1.165) is 23.2 Å². The Morgan fingerprint density at radius 3 is 2.59 bits per heavy atom. The maximum Gasteiger partial charge on any atom is 0.129 e. The summed E-state index contributed by atoms with van der Waals surface area (Å²) in [5.41, 5.74) is 9.31. The number of nitrogens with two attached hydrogens (primary N) is 1. The van der Waals surface area contributed by atoms with E-state index in [1.807, 2.05) is 19.2 Å². The first-order valence-corrected chi connectivity index (χ1v) is 5.87. The summed E-state index contributed by atoms with van der Waals surface area (Å²) in [4.78, 5) is 4.03. The summed E-state index contributed by atoms with van der Waals surface area (Å²) in [6.07, 6.45) is 4.61. The van der Waals surface area contributed by atoms with Crippen molar-refractivity contribution in [2.75, 3.05) is 5.73 Å². The van der Waals surface area contributed by atoms with Gasteiger partial charge in [-0.25, -0.2) is 0 Å². The zero-order chi connectivity index (χ0) is 12.4. The van der Waals surface area contributed by atoms with Gasteiger partial charge in [0.2, 0.25) is 0 Å². The molecule has 0 aliphatic heterocycles. The topological polar surface area (TPSA) is 56.7 Å². The first kappa shape index (κ1) is 11.6. The molecule has 0 aliphatic carbocycles. The Bertz CT molecular complexity index is 502. The Balaban J connectivity index is 2.60. The van der Waals surface area contributed by atoms with Crippen LogP contribution in [0.5, 0.6) is 0 Å². The summed E-state index contributed by atoms with van der Waals surface area (Å²) >= 11 is 0. The number of nitrogens with zero attached hydrogens (tertiary/aromatic N) is 3. The minimum atomic E-state index is 0.404. The molecule has 90 valence electrons. The Kier molecular flexibility index (Phi) is 3.13. The second-order valence-corrected chi connectivity index (χ2v) is 4.31. The molecule has 1 unspecified atom stereocenters. The molecule has 0 fully saturated rings. The van der Waals surface area contributed by atoms with Crippen LogP contribution in [-0.4, -0.2) is 14.8 Å². The molecule has 2 aromatic heterocycles. The maximum atomic E-state index is 6.11. The van der Waals surface area contributed by atoms with Crippen LogP contribution >= 0.6 is 0 Å². The molecule has 2 aromatic rings. The molecule has 0 amide bonds. The lowest BCUT2D eigenvalue weighted by atomic mass is 9.97. The van der Waals surface area contributed by atoms with Crippen molar-refractivity contribution >= 4 is 5.82 Å². The second-order valence-electron chi connectivity index (χ2n) is 4.31. The molecule has 4 nitrogen and oxygen atoms in total. The minimum absolute atomic E-state index is 0.404. The first-order valence-electron chi connectivity index (χ1n) is 5.87. The van der Waals surface area contributed by atoms with Gasteiger partial charge in [-0.05, 0) is 24.1 Å². The summed E-state index contributed by atoms with van der Waals surface area (Å²) in [7, 11) is 1.88. The van der Waals surface area contributed by atoms with E-state index < -0.39 is 0 Å². The van der Waals surface area contributed by atoms with Gasteiger partial charge < -0.3 is 5.73 Å². The van der Waals surface area contributed by atoms with E-state index >= 15 is 0 Å². The van der Waals surface area contributed by atoms with Crippen molar-refractivity contribution in [2.45, 2.75) is 26.2 Å². The maximum absolute atomic E-state index is 6.11. The zero-order valence-corrected chi connectivity index (χ0v) is 10.5. The zero-order valence-electron chi connectivity index (χ0n) is 10.5. The summed E-state index contributed by atoms with van der Waals surface area (Å²) in [5, 5.41) is 4.53. The van der Waals surface area contributed by atoms with Gasteiger partial charge in [0.05, 0.1) is 5.69 Å². The molecule has 0 saturated carbocycles. The van der Waals surface area contributed by atoms with Crippen molar-refractivity contribution in [3.05, 3.63) is 30.2 Å². The average molecular weight is 230 g/mol. The van der Waals surface area contributed by atoms with Crippen LogP contribution in [0.1, 0.15) is 31.9 Å². The van der Waals surface area contributed by atoms with Crippen molar-refractivity contribution < 1.29 is 0 Å². The monoisotopic (exact) mass is 230 g/mol. The van der Waals surface area contributed by atoms with Gasteiger partial charge in [-0.3, -0.25) is 9.67 Å². The molecule has 2 heterocycles. The third-order valence-corrected chi connectivity index (χ3v) is 3.17. The van der Waals surface area contributed by atoms with Crippen LogP contribution in [0.15, 0.2) is 24.5 Å². The molecule has 0 aromatic carbocycles. The fourth-order valence-corrected chi connectivity index (χ4v) is 1.91. The summed E-state index contributed by atoms with van der Waals surface area (Å²) in [5.74, 6) is 1.12. The summed E-state index contributed by atoms with van der Waals surface area (Å²) in [6.45, 7) is 4.33. The van der Waals surface area contributed by atoms with Crippen molar-refractivity contribution in [3.8, 4) is 11.1 Å². The van der Waals surface area contributed by atoms with Crippen LogP contribution in [0.4, 0.5) is 5.82 Å². The number of hydrogen-bond donors (Lipinski definition) is 1. The van der Waals surface area contributed by atoms with Crippen LogP contribution < -0.4 is 5.73 Å². The fraction of sp³-hybridized carbons (Fsp3) is 0.385. The van der Waals surface area contributed by atoms with Gasteiger partial charge in [-0.15, -0.1) is 0 Å². The molecule has 17 heavy (non-hydrogen) atoms. The SMILES string of the molecule is CCC(C)c1nn(C)c(N)c1-c1ccncc1. The van der Waals surface area contributed by atoms with E-state index in [1.54, 1.807) is 17.1 Å². The van der Waals surface area contributed by atoms with Gasteiger partial charge in [0.1, 0.15) is 5.82 Å². The highest BCUT2D eigenvalue weighted by atomic mass is 15.3. The molecule has 2 rings (SSSR count). The molecule has 0 radical (unpaired) electrons. The lowest BCUT2D eigenvalue weighted by Gasteiger charge is -2.08. The number of aromatic nitrogens is 3. The standard InChI is InChI=1S/C13H18N4/c1-4-9(2)12-11(13(14)17(3)16-12)10-5-7-15-8-6-10/h5-9H,4,14H2,1-3H3. The first-order chi connectivity index (χ1) is 8.15. The number of hydrogen-bond acceptors (Lipinski definition) is 3. The van der Waals surface area contributed by atoms with Crippen LogP contribution in [0.25, 0.3) is 11.1 Å². The Morgan fingerprint density at radius 1 is 1.35 bits per heavy atom. The fourth-order valence-electron chi connectivity index (χ4n) is 1.91. The molecule has 4 heteroatoms. The highest BCUT2D eigenvalue weighted by Crippen LogP contribution is 2.34. The van der Waals surface area contributed by atoms with E-state index in [4.69, 9.17) is 5.73 Å². The largest absolute Gasteiger partial charge is 0.383 e. The third-order valence-electron chi connectivity index (χ3n) is 3.17. The van der Waals surface area contributed by atoms with Crippen LogP contribution in [0.2, 0.25) is 0 Å². The lowest BCUT2D eigenvalue weighted by molar-refractivity contribution is 0.668. The van der Waals surface area contributed by atoms with Crippen LogP contribution in [0, 0.1) is 0 Å². The van der Waals surface area contributed by atoms with Gasteiger partial charge in [-0.1, -0.05) is 13.8 Å². The van der Waals surface area contributed by atoms with Gasteiger partial charge in [-0.2, -0.15) is 5.10 Å². The normalized spacial score (nSPS) is 12.6. The molecule has 0 aliphatic rings. The number of rotatable bonds is 3. The van der Waals surface area contributed by atoms with E-state index in [-0.39, 0.29) is 0 Å². The highest BCUT2D eigenvalue weighted by molar-refractivity contribution is 5.76. The lowest BCUT2D eigenvalue weighted by Crippen LogP contribution is -1.98. The van der Waals surface area contributed by atoms with E-state index in [0.29, 0.717) is 11.7 Å². The Hall–Kier alpha value is -1.84. The smallest absolute Gasteiger partial charge is 0.129 e. The molecular weight excluding hydrogens is 212 g/mol. The molecule has 2 N–H and O–H groups in total. The van der Waals surface area contributed by atoms with E-state index in [9.17, 15) is 0 Å². The second kappa shape index (κ2) is 4.57. The Labute approximate surface area is 101 Å². The predicted molar refractivity (Wildman–Crippen MR) is 69.6 cm³/mol. The molecule has 0 saturated heterocycles. The van der Waals surface area contributed by atoms with Gasteiger partial charge in [0.25, 0.3) is 0 Å². The van der Waals surface area contributed by atoms with Crippen molar-refractivity contribution in [3.63, 3.8) is 0 Å². The van der Waals surface area contributed by atoms with Crippen molar-refractivity contribution in [1.29, 1.82) is 0 Å². The average Bonchev–Trinajstić information content (AvgIpc) is 2.66. The van der Waals surface area contributed by atoms with Gasteiger partial charge in [0, 0.05) is 30.9 Å². The number of aryl methyl sites for hydroxylation is 1. The number of anilines is 1. The highest BCUT2D eigenvalue weighted by Gasteiger charge is 2.19. The molecule has 0 spiro atoms. The predicted octanol–water partition coefficient (Wildman–Crippen LogP) is 2.58. The summed E-state index contributed by atoms with van der Waals surface area (Å²) < 4.78 is 1.75. The van der Waals surface area contributed by atoms with Crippen LogP contribution in [-0.2, 0) is 7.05 Å².